The van der Waals surface area contributed by atoms with Gasteiger partial charge in [-0.3, -0.25) is 0 Å². The predicted molar refractivity (Wildman–Crippen MR) is 87.6 cm³/mol. The number of halogens is 3. The van der Waals surface area contributed by atoms with Crippen molar-refractivity contribution in [2.45, 2.75) is 18.0 Å². The Morgan fingerprint density at radius 1 is 1.11 bits per heavy atom. The fourth-order valence-corrected chi connectivity index (χ4v) is 3.21. The summed E-state index contributed by atoms with van der Waals surface area (Å²) in [4.78, 5) is -0.268. The van der Waals surface area contributed by atoms with E-state index in [1.165, 1.54) is 4.52 Å². The van der Waals surface area contributed by atoms with Gasteiger partial charge in [0, 0.05) is 12.6 Å². The number of nitrogens with one attached hydrogen (secondary N) is 1. The van der Waals surface area contributed by atoms with Gasteiger partial charge in [-0.1, -0.05) is 0 Å². The highest BCUT2D eigenvalue weighted by Crippen LogP contribution is 2.29. The lowest BCUT2D eigenvalue weighted by molar-refractivity contribution is -0.137. The molecular formula is C15H14F3N5O3S. The first-order valence-corrected chi connectivity index (χ1v) is 9.14. The van der Waals surface area contributed by atoms with Gasteiger partial charge in [-0.2, -0.15) is 17.7 Å². The third-order valence-electron chi connectivity index (χ3n) is 3.53. The highest BCUT2D eigenvalue weighted by Gasteiger charge is 2.30. The molecule has 27 heavy (non-hydrogen) atoms. The number of alkyl halides is 3. The monoisotopic (exact) mass is 401 g/mol. The summed E-state index contributed by atoms with van der Waals surface area (Å²) in [6.45, 7) is 1.60. The van der Waals surface area contributed by atoms with E-state index in [2.05, 4.69) is 20.0 Å². The molecule has 3 aromatic rings. The Morgan fingerprint density at radius 2 is 1.81 bits per heavy atom. The zero-order valence-electron chi connectivity index (χ0n) is 13.9. The molecule has 144 valence electrons. The van der Waals surface area contributed by atoms with Crippen molar-refractivity contribution in [2.75, 3.05) is 13.2 Å². The van der Waals surface area contributed by atoms with Crippen LogP contribution in [0.1, 0.15) is 11.4 Å². The number of benzene rings is 1. The molecule has 0 aliphatic carbocycles. The number of fused-ring (bicyclic) bond motifs is 1. The molecule has 0 spiro atoms. The van der Waals surface area contributed by atoms with Crippen molar-refractivity contribution in [2.24, 2.45) is 0 Å². The average Bonchev–Trinajstić information content (AvgIpc) is 2.99. The molecule has 8 nitrogen and oxygen atoms in total. The van der Waals surface area contributed by atoms with Crippen molar-refractivity contribution < 1.29 is 26.3 Å². The summed E-state index contributed by atoms with van der Waals surface area (Å²) in [6.07, 6.45) is -4.53. The van der Waals surface area contributed by atoms with Gasteiger partial charge in [-0.05, 0) is 37.3 Å². The molecule has 3 rings (SSSR count). The van der Waals surface area contributed by atoms with Crippen molar-refractivity contribution in [1.82, 2.24) is 24.5 Å². The number of hydrogen-bond acceptors (Lipinski definition) is 6. The summed E-state index contributed by atoms with van der Waals surface area (Å²) in [6, 6.07) is 6.44. The summed E-state index contributed by atoms with van der Waals surface area (Å²) in [5, 5.41) is 11.9. The van der Waals surface area contributed by atoms with E-state index in [0.717, 1.165) is 12.1 Å². The minimum atomic E-state index is -4.53. The molecule has 0 amide bonds. The van der Waals surface area contributed by atoms with E-state index >= 15 is 0 Å². The molecule has 1 N–H and O–H groups in total. The Bertz CT molecular complexity index is 1050. The highest BCUT2D eigenvalue weighted by molar-refractivity contribution is 7.89. The summed E-state index contributed by atoms with van der Waals surface area (Å²) in [7, 11) is -3.95. The molecule has 12 heteroatoms. The number of ether oxygens (including phenoxy) is 1. The number of hydrogen-bond donors (Lipinski definition) is 1. The molecule has 0 unspecified atom stereocenters. The molecule has 0 aliphatic rings. The standard InChI is InChI=1S/C15H14F3N5O3S/c1-10-20-21-13-6-7-14(22-23(10)13)26-9-8-19-27(24,25)12-4-2-11(3-5-12)15(16,17)18/h2-7,19H,8-9H2,1H3. The van der Waals surface area contributed by atoms with Crippen LogP contribution in [0.3, 0.4) is 0 Å². The van der Waals surface area contributed by atoms with Crippen molar-refractivity contribution in [3.05, 3.63) is 47.8 Å². The maximum Gasteiger partial charge on any atom is 0.416 e. The molecular weight excluding hydrogens is 387 g/mol. The van der Waals surface area contributed by atoms with Gasteiger partial charge in [-0.15, -0.1) is 15.3 Å². The van der Waals surface area contributed by atoms with E-state index in [1.807, 2.05) is 0 Å². The van der Waals surface area contributed by atoms with Gasteiger partial charge in [-0.25, -0.2) is 13.1 Å². The van der Waals surface area contributed by atoms with E-state index in [0.29, 0.717) is 23.6 Å². The zero-order chi connectivity index (χ0) is 19.7. The molecule has 1 aromatic carbocycles. The summed E-state index contributed by atoms with van der Waals surface area (Å²) in [5.41, 5.74) is -0.376. The van der Waals surface area contributed by atoms with Crippen LogP contribution in [0.15, 0.2) is 41.3 Å². The molecule has 0 fully saturated rings. The van der Waals surface area contributed by atoms with Crippen molar-refractivity contribution in [1.29, 1.82) is 0 Å². The fourth-order valence-electron chi connectivity index (χ4n) is 2.19. The van der Waals surface area contributed by atoms with Gasteiger partial charge < -0.3 is 4.74 Å². The van der Waals surface area contributed by atoms with E-state index in [4.69, 9.17) is 4.74 Å². The second-order valence-corrected chi connectivity index (χ2v) is 7.22. The van der Waals surface area contributed by atoms with E-state index in [9.17, 15) is 21.6 Å². The number of aromatic nitrogens is 4. The van der Waals surface area contributed by atoms with Gasteiger partial charge in [0.15, 0.2) is 11.5 Å². The molecule has 2 aromatic heterocycles. The second-order valence-electron chi connectivity index (χ2n) is 5.46. The third kappa shape index (κ3) is 4.34. The predicted octanol–water partition coefficient (Wildman–Crippen LogP) is 1.81. The zero-order valence-corrected chi connectivity index (χ0v) is 14.8. The van der Waals surface area contributed by atoms with Crippen LogP contribution >= 0.6 is 0 Å². The molecule has 0 aliphatic heterocycles. The van der Waals surface area contributed by atoms with Crippen molar-refractivity contribution >= 4 is 15.7 Å². The molecule has 0 saturated heterocycles. The Balaban J connectivity index is 1.57. The first-order chi connectivity index (χ1) is 12.7. The normalized spacial score (nSPS) is 12.4. The average molecular weight is 401 g/mol. The Labute approximate surface area is 152 Å². The summed E-state index contributed by atoms with van der Waals surface area (Å²) >= 11 is 0. The Kier molecular flexibility index (Phi) is 5.02. The van der Waals surface area contributed by atoms with Gasteiger partial charge in [0.05, 0.1) is 10.5 Å². The number of aryl methyl sites for hydroxylation is 1. The SMILES string of the molecule is Cc1nnc2ccc(OCCNS(=O)(=O)c3ccc(C(F)(F)F)cc3)nn12. The molecule has 0 atom stereocenters. The lowest BCUT2D eigenvalue weighted by Crippen LogP contribution is -2.28. The van der Waals surface area contributed by atoms with Crippen LogP contribution < -0.4 is 9.46 Å². The number of nitrogens with zero attached hydrogens (tertiary/aromatic N) is 4. The maximum absolute atomic E-state index is 12.5. The lowest BCUT2D eigenvalue weighted by atomic mass is 10.2. The third-order valence-corrected chi connectivity index (χ3v) is 5.01. The van der Waals surface area contributed by atoms with E-state index in [-0.39, 0.29) is 23.9 Å². The second kappa shape index (κ2) is 7.12. The molecule has 0 radical (unpaired) electrons. The highest BCUT2D eigenvalue weighted by atomic mass is 32.2. The van der Waals surface area contributed by atoms with Gasteiger partial charge in [0.1, 0.15) is 6.61 Å². The lowest BCUT2D eigenvalue weighted by Gasteiger charge is -2.10. The molecule has 0 bridgehead atoms. The van der Waals surface area contributed by atoms with E-state index in [1.54, 1.807) is 19.1 Å². The first kappa shape index (κ1) is 19.0. The van der Waals surface area contributed by atoms with Crippen molar-refractivity contribution in [3.8, 4) is 5.88 Å². The van der Waals surface area contributed by atoms with Crippen LogP contribution in [-0.4, -0.2) is 41.4 Å². The summed E-state index contributed by atoms with van der Waals surface area (Å²) in [5.74, 6) is 0.817. The largest absolute Gasteiger partial charge is 0.475 e. The summed E-state index contributed by atoms with van der Waals surface area (Å²) < 4.78 is 70.9. The van der Waals surface area contributed by atoms with Crippen molar-refractivity contribution in [3.63, 3.8) is 0 Å². The van der Waals surface area contributed by atoms with Gasteiger partial charge in [0.2, 0.25) is 15.9 Å². The Morgan fingerprint density at radius 3 is 2.48 bits per heavy atom. The maximum atomic E-state index is 12.5. The quantitative estimate of drug-likeness (QED) is 0.633. The van der Waals surface area contributed by atoms with Gasteiger partial charge in [0.25, 0.3) is 0 Å². The first-order valence-electron chi connectivity index (χ1n) is 7.65. The van der Waals surface area contributed by atoms with Crippen LogP contribution in [-0.2, 0) is 16.2 Å². The van der Waals surface area contributed by atoms with Gasteiger partial charge >= 0.3 is 6.18 Å². The van der Waals surface area contributed by atoms with Crippen LogP contribution in [0.5, 0.6) is 5.88 Å². The van der Waals surface area contributed by atoms with Crippen LogP contribution in [0.25, 0.3) is 5.65 Å². The minimum Gasteiger partial charge on any atom is -0.475 e. The smallest absolute Gasteiger partial charge is 0.416 e. The van der Waals surface area contributed by atoms with Crippen LogP contribution in [0.4, 0.5) is 13.2 Å². The molecule has 0 saturated carbocycles. The number of sulfonamides is 1. The minimum absolute atomic E-state index is 0.0282. The molecule has 2 heterocycles. The van der Waals surface area contributed by atoms with E-state index < -0.39 is 21.8 Å². The Hall–Kier alpha value is -2.73. The number of rotatable bonds is 6. The topological polar surface area (TPSA) is 98.5 Å². The van der Waals surface area contributed by atoms with Crippen LogP contribution in [0, 0.1) is 6.92 Å². The fraction of sp³-hybridized carbons (Fsp3) is 0.267. The van der Waals surface area contributed by atoms with Crippen LogP contribution in [0.2, 0.25) is 0 Å².